The first-order valence-corrected chi connectivity index (χ1v) is 13.3. The number of alkyl halides is 6. The molecule has 4 amide bonds. The topological polar surface area (TPSA) is 74.8 Å². The summed E-state index contributed by atoms with van der Waals surface area (Å²) in [7, 11) is 0. The van der Waals surface area contributed by atoms with E-state index >= 15 is 0 Å². The summed E-state index contributed by atoms with van der Waals surface area (Å²) in [5.41, 5.74) is 0.307. The first kappa shape index (κ1) is 26.8. The fourth-order valence-electron chi connectivity index (χ4n) is 6.90. The van der Waals surface area contributed by atoms with Crippen molar-refractivity contribution in [2.24, 2.45) is 11.8 Å². The lowest BCUT2D eigenvalue weighted by molar-refractivity contribution is -0.184. The second kappa shape index (κ2) is 9.04. The largest absolute Gasteiger partial charge is 0.391 e. The molecule has 212 valence electrons. The molecule has 4 aliphatic rings. The van der Waals surface area contributed by atoms with Gasteiger partial charge in [-0.2, -0.15) is 26.3 Å². The van der Waals surface area contributed by atoms with Crippen LogP contribution in [0.15, 0.2) is 24.3 Å². The molecule has 0 atom stereocenters. The number of nitrogens with zero attached hydrogens (tertiary/aromatic N) is 2. The number of hydrogen-bond donors (Lipinski definition) is 0. The molecule has 0 radical (unpaired) electrons. The average molecular weight is 566 g/mol. The molecular formula is C28H24F6N2O4. The molecule has 2 fully saturated rings. The maximum Gasteiger partial charge on any atom is 0.391 e. The van der Waals surface area contributed by atoms with Crippen molar-refractivity contribution in [2.45, 2.75) is 75.8 Å². The van der Waals surface area contributed by atoms with Crippen molar-refractivity contribution in [3.05, 3.63) is 46.5 Å². The predicted octanol–water partition coefficient (Wildman–Crippen LogP) is 6.27. The first-order valence-electron chi connectivity index (χ1n) is 13.3. The first-order chi connectivity index (χ1) is 18.8. The van der Waals surface area contributed by atoms with Gasteiger partial charge in [0, 0.05) is 45.1 Å². The average Bonchev–Trinajstić information content (AvgIpc) is 2.90. The van der Waals surface area contributed by atoms with Gasteiger partial charge in [0.25, 0.3) is 23.6 Å². The summed E-state index contributed by atoms with van der Waals surface area (Å²) in [6.45, 7) is 0. The van der Waals surface area contributed by atoms with E-state index in [-0.39, 0.29) is 84.4 Å². The predicted molar refractivity (Wildman–Crippen MR) is 129 cm³/mol. The van der Waals surface area contributed by atoms with Gasteiger partial charge in [0.2, 0.25) is 0 Å². The Labute approximate surface area is 224 Å². The summed E-state index contributed by atoms with van der Waals surface area (Å²) < 4.78 is 78.9. The van der Waals surface area contributed by atoms with E-state index in [4.69, 9.17) is 0 Å². The van der Waals surface area contributed by atoms with Crippen LogP contribution in [-0.4, -0.2) is 57.9 Å². The van der Waals surface area contributed by atoms with Gasteiger partial charge in [0.05, 0.1) is 11.8 Å². The van der Waals surface area contributed by atoms with E-state index in [1.165, 1.54) is 24.3 Å². The third kappa shape index (κ3) is 4.01. The highest BCUT2D eigenvalue weighted by Crippen LogP contribution is 2.44. The van der Waals surface area contributed by atoms with Gasteiger partial charge in [-0.25, -0.2) is 0 Å². The zero-order chi connectivity index (χ0) is 28.7. The zero-order valence-corrected chi connectivity index (χ0v) is 21.1. The summed E-state index contributed by atoms with van der Waals surface area (Å²) in [4.78, 5) is 56.1. The van der Waals surface area contributed by atoms with E-state index in [1.807, 2.05) is 0 Å². The number of carbonyl (C=O) groups excluding carboxylic acids is 4. The maximum atomic E-state index is 13.5. The summed E-state index contributed by atoms with van der Waals surface area (Å²) in [6, 6.07) is 4.08. The molecule has 2 aromatic carbocycles. The Morgan fingerprint density at radius 1 is 0.475 bits per heavy atom. The SMILES string of the molecule is O=C1c2ccc3c4c(ccc(c24)C(=O)N1C1CCC(C(F)(F)F)CC1)C(=O)N([C@H]1CC[C@@H](C(F)(F)F)CC1)C3=O. The fourth-order valence-corrected chi connectivity index (χ4v) is 6.90. The van der Waals surface area contributed by atoms with E-state index in [0.717, 1.165) is 9.80 Å². The summed E-state index contributed by atoms with van der Waals surface area (Å²) >= 11 is 0. The minimum absolute atomic E-state index is 0.0127. The van der Waals surface area contributed by atoms with Gasteiger partial charge in [-0.15, -0.1) is 0 Å². The highest BCUT2D eigenvalue weighted by Gasteiger charge is 2.48. The maximum absolute atomic E-state index is 13.5. The highest BCUT2D eigenvalue weighted by molar-refractivity contribution is 6.33. The van der Waals surface area contributed by atoms with Crippen LogP contribution >= 0.6 is 0 Å². The number of carbonyl (C=O) groups is 4. The van der Waals surface area contributed by atoms with Crippen molar-refractivity contribution in [3.63, 3.8) is 0 Å². The lowest BCUT2D eigenvalue weighted by Gasteiger charge is -2.40. The molecule has 2 heterocycles. The van der Waals surface area contributed by atoms with E-state index < -0.39 is 59.9 Å². The number of halogens is 6. The van der Waals surface area contributed by atoms with Crippen molar-refractivity contribution in [2.75, 3.05) is 0 Å². The van der Waals surface area contributed by atoms with Gasteiger partial charge in [-0.1, -0.05) is 0 Å². The smallest absolute Gasteiger partial charge is 0.271 e. The van der Waals surface area contributed by atoms with Gasteiger partial charge in [0.1, 0.15) is 0 Å². The molecule has 2 aliphatic carbocycles. The molecule has 2 aliphatic heterocycles. The van der Waals surface area contributed by atoms with Crippen LogP contribution < -0.4 is 0 Å². The molecule has 12 heteroatoms. The van der Waals surface area contributed by atoms with Crippen LogP contribution in [0.3, 0.4) is 0 Å². The van der Waals surface area contributed by atoms with Gasteiger partial charge in [0.15, 0.2) is 0 Å². The molecule has 0 spiro atoms. The molecule has 0 N–H and O–H groups in total. The molecule has 0 bridgehead atoms. The zero-order valence-electron chi connectivity index (χ0n) is 21.1. The van der Waals surface area contributed by atoms with Crippen LogP contribution in [-0.2, 0) is 0 Å². The number of amides is 4. The van der Waals surface area contributed by atoms with E-state index in [0.29, 0.717) is 0 Å². The van der Waals surface area contributed by atoms with Crippen LogP contribution in [0.1, 0.15) is 92.8 Å². The lowest BCUT2D eigenvalue weighted by atomic mass is 9.81. The molecule has 2 aromatic rings. The van der Waals surface area contributed by atoms with Gasteiger partial charge >= 0.3 is 12.4 Å². The number of benzene rings is 2. The minimum Gasteiger partial charge on any atom is -0.271 e. The van der Waals surface area contributed by atoms with Crippen LogP contribution in [0.25, 0.3) is 10.8 Å². The van der Waals surface area contributed by atoms with Crippen LogP contribution in [0.2, 0.25) is 0 Å². The Hall–Kier alpha value is -3.44. The molecule has 40 heavy (non-hydrogen) atoms. The van der Waals surface area contributed by atoms with Gasteiger partial charge in [-0.3, -0.25) is 29.0 Å². The summed E-state index contributed by atoms with van der Waals surface area (Å²) in [6.07, 6.45) is -9.43. The summed E-state index contributed by atoms with van der Waals surface area (Å²) in [5.74, 6) is -5.73. The second-order valence-electron chi connectivity index (χ2n) is 11.1. The monoisotopic (exact) mass is 566 g/mol. The normalized spacial score (nSPS) is 27.6. The third-order valence-electron chi connectivity index (χ3n) is 9.01. The molecular weight excluding hydrogens is 542 g/mol. The van der Waals surface area contributed by atoms with E-state index in [1.54, 1.807) is 0 Å². The molecule has 0 saturated heterocycles. The number of rotatable bonds is 2. The minimum atomic E-state index is -4.34. The van der Waals surface area contributed by atoms with Crippen molar-refractivity contribution in [1.82, 2.24) is 9.80 Å². The Balaban J connectivity index is 1.32. The highest BCUT2D eigenvalue weighted by atomic mass is 19.4. The molecule has 0 unspecified atom stereocenters. The van der Waals surface area contributed by atoms with Crippen molar-refractivity contribution < 1.29 is 45.5 Å². The van der Waals surface area contributed by atoms with Crippen LogP contribution in [0.5, 0.6) is 0 Å². The standard InChI is InChI=1S/C28H24F6N2O4/c29-27(30,31)13-1-5-15(6-2-13)35-23(37)17-9-11-19-22-20(12-10-18(21(17)22)24(35)38)26(40)36(25(19)39)16-7-3-14(4-8-16)28(32,33)34/h9-16H,1-8H2/t13-,14?,15+,16?. The lowest BCUT2D eigenvalue weighted by Crippen LogP contribution is -2.50. The quantitative estimate of drug-likeness (QED) is 0.317. The Bertz CT molecular complexity index is 1270. The van der Waals surface area contributed by atoms with E-state index in [9.17, 15) is 45.5 Å². The molecule has 6 rings (SSSR count). The van der Waals surface area contributed by atoms with Gasteiger partial charge < -0.3 is 0 Å². The van der Waals surface area contributed by atoms with Crippen molar-refractivity contribution >= 4 is 34.4 Å². The molecule has 2 saturated carbocycles. The summed E-state index contributed by atoms with van der Waals surface area (Å²) in [5, 5.41) is 0.291. The Morgan fingerprint density at radius 3 is 0.950 bits per heavy atom. The molecule has 0 aromatic heterocycles. The fraction of sp³-hybridized carbons (Fsp3) is 0.500. The van der Waals surface area contributed by atoms with Crippen molar-refractivity contribution in [3.8, 4) is 0 Å². The Kier molecular flexibility index (Phi) is 6.05. The third-order valence-corrected chi connectivity index (χ3v) is 9.01. The van der Waals surface area contributed by atoms with Crippen LogP contribution in [0, 0.1) is 11.8 Å². The number of hydrogen-bond acceptors (Lipinski definition) is 4. The van der Waals surface area contributed by atoms with Crippen LogP contribution in [0.4, 0.5) is 26.3 Å². The van der Waals surface area contributed by atoms with Gasteiger partial charge in [-0.05, 0) is 75.6 Å². The van der Waals surface area contributed by atoms with Crippen molar-refractivity contribution in [1.29, 1.82) is 0 Å². The molecule has 6 nitrogen and oxygen atoms in total. The number of imide groups is 2. The Morgan fingerprint density at radius 2 is 0.725 bits per heavy atom. The van der Waals surface area contributed by atoms with E-state index in [2.05, 4.69) is 0 Å². The second-order valence-corrected chi connectivity index (χ2v) is 11.1.